The lowest BCUT2D eigenvalue weighted by Gasteiger charge is -2.09. The van der Waals surface area contributed by atoms with E-state index in [0.29, 0.717) is 0 Å². The molecule has 0 aliphatic carbocycles. The molecule has 0 unspecified atom stereocenters. The van der Waals surface area contributed by atoms with Crippen molar-refractivity contribution in [3.05, 3.63) is 30.6 Å². The first-order valence-electron chi connectivity index (χ1n) is 4.24. The average Bonchev–Trinajstić information content (AvgIpc) is 2.64. The zero-order chi connectivity index (χ0) is 12.7. The molecule has 0 radical (unpaired) electrons. The van der Waals surface area contributed by atoms with Crippen LogP contribution in [-0.4, -0.2) is 23.5 Å². The van der Waals surface area contributed by atoms with Gasteiger partial charge in [0.2, 0.25) is 0 Å². The summed E-state index contributed by atoms with van der Waals surface area (Å²) >= 11 is 0. The summed E-state index contributed by atoms with van der Waals surface area (Å²) in [6.07, 6.45) is 2.58. The lowest BCUT2D eigenvalue weighted by molar-refractivity contribution is -0.0499. The largest absolute Gasteiger partial charge is 0.534 e. The summed E-state index contributed by atoms with van der Waals surface area (Å²) in [5.41, 5.74) is -5.33. The van der Waals surface area contributed by atoms with Gasteiger partial charge >= 0.3 is 15.6 Å². The van der Waals surface area contributed by atoms with Gasteiger partial charge in [0.25, 0.3) is 0 Å². The summed E-state index contributed by atoms with van der Waals surface area (Å²) in [5, 5.41) is 3.75. The Hall–Kier alpha value is -1.77. The van der Waals surface area contributed by atoms with Crippen molar-refractivity contribution < 1.29 is 25.8 Å². The standard InChI is InChI=1S/C8H5F3N2O3S/c9-8(10,11)17(14,15)16-7-3-4-12-13-5-1-2-6(7)13/h1-5H. The van der Waals surface area contributed by atoms with Gasteiger partial charge in [-0.25, -0.2) is 4.52 Å². The topological polar surface area (TPSA) is 60.7 Å². The van der Waals surface area contributed by atoms with E-state index in [0.717, 1.165) is 12.3 Å². The summed E-state index contributed by atoms with van der Waals surface area (Å²) in [7, 11) is -5.66. The van der Waals surface area contributed by atoms with Gasteiger partial charge in [-0.15, -0.1) is 0 Å². The Bertz CT molecular complexity index is 647. The van der Waals surface area contributed by atoms with Crippen molar-refractivity contribution in [2.24, 2.45) is 0 Å². The molecule has 0 aliphatic rings. The SMILES string of the molecule is O=S(=O)(Oc1ccnn2cccc12)C(F)(F)F. The third-order valence-corrected chi connectivity index (χ3v) is 2.85. The van der Waals surface area contributed by atoms with Crippen LogP contribution >= 0.6 is 0 Å². The van der Waals surface area contributed by atoms with Gasteiger partial charge in [0.05, 0.1) is 6.20 Å². The number of alkyl halides is 3. The minimum absolute atomic E-state index is 0.125. The summed E-state index contributed by atoms with van der Waals surface area (Å²) in [5.74, 6) is -0.428. The molecule has 0 aromatic carbocycles. The first kappa shape index (κ1) is 11.7. The van der Waals surface area contributed by atoms with Crippen LogP contribution in [-0.2, 0) is 10.1 Å². The average molecular weight is 266 g/mol. The molecule has 0 fully saturated rings. The van der Waals surface area contributed by atoms with E-state index in [-0.39, 0.29) is 5.52 Å². The van der Waals surface area contributed by atoms with E-state index in [1.165, 1.54) is 22.8 Å². The summed E-state index contributed by atoms with van der Waals surface area (Å²) in [6, 6.07) is 3.92. The number of rotatable bonds is 2. The number of nitrogens with zero attached hydrogens (tertiary/aromatic N) is 2. The maximum Gasteiger partial charge on any atom is 0.534 e. The fraction of sp³-hybridized carbons (Fsp3) is 0.125. The van der Waals surface area contributed by atoms with E-state index in [9.17, 15) is 21.6 Å². The van der Waals surface area contributed by atoms with Crippen molar-refractivity contribution in [1.29, 1.82) is 0 Å². The van der Waals surface area contributed by atoms with Crippen LogP contribution < -0.4 is 4.18 Å². The Morgan fingerprint density at radius 2 is 2.00 bits per heavy atom. The van der Waals surface area contributed by atoms with Crippen molar-refractivity contribution in [2.75, 3.05) is 0 Å². The van der Waals surface area contributed by atoms with E-state index in [4.69, 9.17) is 0 Å². The van der Waals surface area contributed by atoms with E-state index in [1.54, 1.807) is 0 Å². The normalized spacial score (nSPS) is 12.9. The third kappa shape index (κ3) is 2.05. The van der Waals surface area contributed by atoms with E-state index < -0.39 is 21.4 Å². The predicted octanol–water partition coefficient (Wildman–Crippen LogP) is 1.56. The number of aromatic nitrogens is 2. The van der Waals surface area contributed by atoms with Crippen molar-refractivity contribution in [1.82, 2.24) is 9.61 Å². The highest BCUT2D eigenvalue weighted by Gasteiger charge is 2.48. The van der Waals surface area contributed by atoms with Crippen LogP contribution in [0.3, 0.4) is 0 Å². The Kier molecular flexibility index (Phi) is 2.49. The van der Waals surface area contributed by atoms with Gasteiger partial charge in [-0.1, -0.05) is 0 Å². The van der Waals surface area contributed by atoms with Gasteiger partial charge in [-0.3, -0.25) is 0 Å². The highest BCUT2D eigenvalue weighted by molar-refractivity contribution is 7.88. The number of hydrogen-bond donors (Lipinski definition) is 0. The molecule has 5 nitrogen and oxygen atoms in total. The van der Waals surface area contributed by atoms with Crippen LogP contribution in [0, 0.1) is 0 Å². The molecule has 0 N–H and O–H groups in total. The van der Waals surface area contributed by atoms with Crippen LogP contribution in [0.1, 0.15) is 0 Å². The van der Waals surface area contributed by atoms with Crippen LogP contribution in [0.25, 0.3) is 5.52 Å². The molecular weight excluding hydrogens is 261 g/mol. The maximum absolute atomic E-state index is 12.1. The lowest BCUT2D eigenvalue weighted by atomic mass is 10.4. The molecule has 92 valence electrons. The molecule has 9 heteroatoms. The number of fused-ring (bicyclic) bond motifs is 1. The number of halogens is 3. The summed E-state index contributed by atoms with van der Waals surface area (Å²) in [4.78, 5) is 0. The second-order valence-electron chi connectivity index (χ2n) is 3.02. The maximum atomic E-state index is 12.1. The Morgan fingerprint density at radius 1 is 1.29 bits per heavy atom. The molecule has 0 amide bonds. The molecule has 2 heterocycles. The van der Waals surface area contributed by atoms with Gasteiger partial charge in [-0.2, -0.15) is 26.7 Å². The predicted molar refractivity (Wildman–Crippen MR) is 50.8 cm³/mol. The second kappa shape index (κ2) is 3.62. The molecule has 2 rings (SSSR count). The van der Waals surface area contributed by atoms with Crippen molar-refractivity contribution in [3.63, 3.8) is 0 Å². The number of hydrogen-bond acceptors (Lipinski definition) is 4. The zero-order valence-electron chi connectivity index (χ0n) is 8.05. The molecular formula is C8H5F3N2O3S. The highest BCUT2D eigenvalue weighted by Crippen LogP contribution is 2.28. The Morgan fingerprint density at radius 3 is 2.65 bits per heavy atom. The minimum Gasteiger partial charge on any atom is -0.374 e. The van der Waals surface area contributed by atoms with Gasteiger partial charge in [-0.05, 0) is 12.1 Å². The first-order valence-corrected chi connectivity index (χ1v) is 5.65. The van der Waals surface area contributed by atoms with Gasteiger partial charge in [0.15, 0.2) is 5.75 Å². The van der Waals surface area contributed by atoms with Crippen molar-refractivity contribution in [2.45, 2.75) is 5.51 Å². The van der Waals surface area contributed by atoms with E-state index in [2.05, 4.69) is 9.28 Å². The van der Waals surface area contributed by atoms with Gasteiger partial charge in [0, 0.05) is 12.3 Å². The van der Waals surface area contributed by atoms with Crippen molar-refractivity contribution >= 4 is 15.6 Å². The second-order valence-corrected chi connectivity index (χ2v) is 4.55. The van der Waals surface area contributed by atoms with Gasteiger partial charge < -0.3 is 4.18 Å². The highest BCUT2D eigenvalue weighted by atomic mass is 32.2. The van der Waals surface area contributed by atoms with Gasteiger partial charge in [0.1, 0.15) is 5.52 Å². The summed E-state index contributed by atoms with van der Waals surface area (Å²) < 4.78 is 63.2. The van der Waals surface area contributed by atoms with Crippen LogP contribution in [0.2, 0.25) is 0 Å². The van der Waals surface area contributed by atoms with Crippen LogP contribution in [0.5, 0.6) is 5.75 Å². The fourth-order valence-corrected chi connectivity index (χ4v) is 1.63. The molecule has 17 heavy (non-hydrogen) atoms. The molecule has 0 saturated carbocycles. The molecule has 0 saturated heterocycles. The van der Waals surface area contributed by atoms with Crippen molar-refractivity contribution in [3.8, 4) is 5.75 Å². The van der Waals surface area contributed by atoms with E-state index in [1.807, 2.05) is 0 Å². The Balaban J connectivity index is 2.47. The summed E-state index contributed by atoms with van der Waals surface area (Å²) in [6.45, 7) is 0. The minimum atomic E-state index is -5.66. The molecule has 2 aromatic rings. The molecule has 2 aromatic heterocycles. The monoisotopic (exact) mass is 266 g/mol. The molecule has 0 bridgehead atoms. The smallest absolute Gasteiger partial charge is 0.374 e. The Labute approximate surface area is 93.5 Å². The van der Waals surface area contributed by atoms with Crippen LogP contribution in [0.15, 0.2) is 30.6 Å². The zero-order valence-corrected chi connectivity index (χ0v) is 8.86. The van der Waals surface area contributed by atoms with Crippen LogP contribution in [0.4, 0.5) is 13.2 Å². The first-order chi connectivity index (χ1) is 7.81. The molecule has 0 atom stereocenters. The van der Waals surface area contributed by atoms with E-state index >= 15 is 0 Å². The third-order valence-electron chi connectivity index (χ3n) is 1.88. The lowest BCUT2D eigenvalue weighted by Crippen LogP contribution is -2.28. The quantitative estimate of drug-likeness (QED) is 0.611. The molecule has 0 spiro atoms. The molecule has 0 aliphatic heterocycles. The fourth-order valence-electron chi connectivity index (χ4n) is 1.16.